The highest BCUT2D eigenvalue weighted by atomic mass is 19.2. The fourth-order valence-electron chi connectivity index (χ4n) is 2.27. The first-order valence-corrected chi connectivity index (χ1v) is 6.93. The Kier molecular flexibility index (Phi) is 3.99. The van der Waals surface area contributed by atoms with Crippen LogP contribution in [0.3, 0.4) is 0 Å². The van der Waals surface area contributed by atoms with Crippen molar-refractivity contribution in [2.24, 2.45) is 0 Å². The van der Waals surface area contributed by atoms with Gasteiger partial charge in [-0.1, -0.05) is 6.07 Å². The van der Waals surface area contributed by atoms with Crippen molar-refractivity contribution in [3.05, 3.63) is 65.4 Å². The summed E-state index contributed by atoms with van der Waals surface area (Å²) in [4.78, 5) is 22.8. The zero-order valence-electron chi connectivity index (χ0n) is 12.2. The van der Waals surface area contributed by atoms with Gasteiger partial charge in [-0.15, -0.1) is 0 Å². The molecule has 0 fully saturated rings. The van der Waals surface area contributed by atoms with E-state index < -0.39 is 23.5 Å². The molecule has 0 unspecified atom stereocenters. The van der Waals surface area contributed by atoms with Gasteiger partial charge < -0.3 is 14.8 Å². The Bertz CT molecular complexity index is 949. The molecule has 7 heteroatoms. The molecule has 2 aromatic carbocycles. The van der Waals surface area contributed by atoms with Crippen LogP contribution in [-0.2, 0) is 11.2 Å². The Morgan fingerprint density at radius 1 is 1.04 bits per heavy atom. The Morgan fingerprint density at radius 2 is 1.83 bits per heavy atom. The minimum Gasteiger partial charge on any atom is -0.475 e. The predicted molar refractivity (Wildman–Crippen MR) is 81.9 cm³/mol. The van der Waals surface area contributed by atoms with Gasteiger partial charge in [0.05, 0.1) is 6.42 Å². The van der Waals surface area contributed by atoms with E-state index in [-0.39, 0.29) is 12.2 Å². The van der Waals surface area contributed by atoms with Crippen LogP contribution in [0.5, 0.6) is 0 Å². The maximum Gasteiger partial charge on any atom is 0.371 e. The summed E-state index contributed by atoms with van der Waals surface area (Å²) in [5, 5.41) is 12.0. The molecule has 5 nitrogen and oxygen atoms in total. The lowest BCUT2D eigenvalue weighted by molar-refractivity contribution is -0.115. The van der Waals surface area contributed by atoms with E-state index in [2.05, 4.69) is 5.32 Å². The van der Waals surface area contributed by atoms with Crippen molar-refractivity contribution in [3.8, 4) is 0 Å². The van der Waals surface area contributed by atoms with Crippen molar-refractivity contribution < 1.29 is 27.9 Å². The van der Waals surface area contributed by atoms with E-state index in [9.17, 15) is 18.4 Å². The highest BCUT2D eigenvalue weighted by Gasteiger charge is 2.12. The molecular formula is C17H11F2NO4. The van der Waals surface area contributed by atoms with Crippen LogP contribution in [0.4, 0.5) is 14.5 Å². The third-order valence-electron chi connectivity index (χ3n) is 3.36. The molecule has 1 heterocycles. The van der Waals surface area contributed by atoms with E-state index in [0.717, 1.165) is 12.1 Å². The Morgan fingerprint density at radius 3 is 2.54 bits per heavy atom. The highest BCUT2D eigenvalue weighted by molar-refractivity contribution is 5.96. The van der Waals surface area contributed by atoms with Gasteiger partial charge in [0.25, 0.3) is 0 Å². The molecule has 0 aliphatic carbocycles. The van der Waals surface area contributed by atoms with Crippen molar-refractivity contribution in [3.63, 3.8) is 0 Å². The largest absolute Gasteiger partial charge is 0.475 e. The summed E-state index contributed by atoms with van der Waals surface area (Å²) in [6.45, 7) is 0. The van der Waals surface area contributed by atoms with Gasteiger partial charge in [-0.2, -0.15) is 0 Å². The van der Waals surface area contributed by atoms with Crippen molar-refractivity contribution in [2.75, 3.05) is 5.32 Å². The van der Waals surface area contributed by atoms with Crippen molar-refractivity contribution in [2.45, 2.75) is 6.42 Å². The van der Waals surface area contributed by atoms with E-state index in [0.29, 0.717) is 22.2 Å². The van der Waals surface area contributed by atoms with Gasteiger partial charge in [0.1, 0.15) is 5.58 Å². The Labute approximate surface area is 134 Å². The summed E-state index contributed by atoms with van der Waals surface area (Å²) in [7, 11) is 0. The van der Waals surface area contributed by atoms with Crippen molar-refractivity contribution in [1.82, 2.24) is 0 Å². The molecule has 122 valence electrons. The molecule has 2 N–H and O–H groups in total. The van der Waals surface area contributed by atoms with Gasteiger partial charge >= 0.3 is 5.97 Å². The first-order valence-electron chi connectivity index (χ1n) is 6.93. The number of hydrogen-bond donors (Lipinski definition) is 2. The molecule has 0 aliphatic rings. The number of carbonyl (C=O) groups is 2. The number of furan rings is 1. The van der Waals surface area contributed by atoms with E-state index in [1.54, 1.807) is 12.1 Å². The number of nitrogens with one attached hydrogen (secondary N) is 1. The first kappa shape index (κ1) is 15.7. The van der Waals surface area contributed by atoms with Crippen molar-refractivity contribution in [1.29, 1.82) is 0 Å². The van der Waals surface area contributed by atoms with Crippen LogP contribution in [0.1, 0.15) is 16.1 Å². The number of carboxylic acids is 1. The lowest BCUT2D eigenvalue weighted by atomic mass is 10.1. The number of carbonyl (C=O) groups excluding carboxylic acids is 1. The van der Waals surface area contributed by atoms with Crippen LogP contribution in [0.25, 0.3) is 11.0 Å². The number of aromatic carboxylic acids is 1. The molecular weight excluding hydrogens is 320 g/mol. The van der Waals surface area contributed by atoms with Gasteiger partial charge in [0, 0.05) is 11.1 Å². The molecule has 1 aromatic heterocycles. The average molecular weight is 331 g/mol. The fourth-order valence-corrected chi connectivity index (χ4v) is 2.27. The maximum absolute atomic E-state index is 13.1. The summed E-state index contributed by atoms with van der Waals surface area (Å²) >= 11 is 0. The number of hydrogen-bond acceptors (Lipinski definition) is 3. The van der Waals surface area contributed by atoms with Gasteiger partial charge in [0.15, 0.2) is 11.6 Å². The fraction of sp³-hybridized carbons (Fsp3) is 0.0588. The Balaban J connectivity index is 1.74. The molecule has 3 aromatic rings. The standard InChI is InChI=1S/C17H11F2NO4/c18-12-3-1-9(5-13(12)19)6-16(21)20-11-2-4-14-10(7-11)8-15(24-14)17(22)23/h1-5,7-8H,6H2,(H,20,21)(H,22,23). The number of carboxylic acid groups (broad SMARTS) is 1. The smallest absolute Gasteiger partial charge is 0.371 e. The quantitative estimate of drug-likeness (QED) is 0.766. The monoisotopic (exact) mass is 331 g/mol. The van der Waals surface area contributed by atoms with Crippen LogP contribution < -0.4 is 5.32 Å². The minimum atomic E-state index is -1.19. The average Bonchev–Trinajstić information content (AvgIpc) is 2.94. The number of fused-ring (bicyclic) bond motifs is 1. The van der Waals surface area contributed by atoms with Crippen LogP contribution in [-0.4, -0.2) is 17.0 Å². The molecule has 0 radical (unpaired) electrons. The topological polar surface area (TPSA) is 79.5 Å². The molecule has 24 heavy (non-hydrogen) atoms. The number of halogens is 2. The van der Waals surface area contributed by atoms with Gasteiger partial charge in [-0.05, 0) is 42.0 Å². The van der Waals surface area contributed by atoms with Crippen LogP contribution in [0, 0.1) is 11.6 Å². The summed E-state index contributed by atoms with van der Waals surface area (Å²) in [6.07, 6.45) is -0.124. The third-order valence-corrected chi connectivity index (χ3v) is 3.36. The number of rotatable bonds is 4. The SMILES string of the molecule is O=C(Cc1ccc(F)c(F)c1)Nc1ccc2oc(C(=O)O)cc2c1. The van der Waals surface area contributed by atoms with E-state index in [1.807, 2.05) is 0 Å². The molecule has 0 spiro atoms. The molecule has 0 aliphatic heterocycles. The van der Waals surface area contributed by atoms with E-state index in [4.69, 9.17) is 9.52 Å². The van der Waals surface area contributed by atoms with Gasteiger partial charge in [0.2, 0.25) is 11.7 Å². The molecule has 1 amide bonds. The Hall–Kier alpha value is -3.22. The molecule has 0 saturated heterocycles. The summed E-state index contributed by atoms with van der Waals surface area (Å²) < 4.78 is 31.1. The van der Waals surface area contributed by atoms with E-state index >= 15 is 0 Å². The second-order valence-electron chi connectivity index (χ2n) is 5.14. The summed E-state index contributed by atoms with van der Waals surface area (Å²) in [5.41, 5.74) is 1.16. The number of benzene rings is 2. The molecule has 0 bridgehead atoms. The number of amides is 1. The molecule has 0 atom stereocenters. The third kappa shape index (κ3) is 3.24. The first-order chi connectivity index (χ1) is 11.4. The summed E-state index contributed by atoms with van der Waals surface area (Å²) in [5.74, 6) is -3.78. The molecule has 0 saturated carbocycles. The predicted octanol–water partition coefficient (Wildman–Crippen LogP) is 3.59. The van der Waals surface area contributed by atoms with Gasteiger partial charge in [-0.25, -0.2) is 13.6 Å². The van der Waals surface area contributed by atoms with Crippen LogP contribution in [0.2, 0.25) is 0 Å². The van der Waals surface area contributed by atoms with Crippen LogP contribution >= 0.6 is 0 Å². The molecule has 3 rings (SSSR count). The summed E-state index contributed by atoms with van der Waals surface area (Å²) in [6, 6.07) is 9.26. The van der Waals surface area contributed by atoms with Crippen molar-refractivity contribution >= 4 is 28.5 Å². The highest BCUT2D eigenvalue weighted by Crippen LogP contribution is 2.23. The lowest BCUT2D eigenvalue weighted by Gasteiger charge is -2.06. The zero-order valence-corrected chi connectivity index (χ0v) is 12.2. The number of anilines is 1. The van der Waals surface area contributed by atoms with E-state index in [1.165, 1.54) is 18.2 Å². The van der Waals surface area contributed by atoms with Gasteiger partial charge in [-0.3, -0.25) is 4.79 Å². The minimum absolute atomic E-state index is 0.124. The normalized spacial score (nSPS) is 10.8. The second kappa shape index (κ2) is 6.11. The van der Waals surface area contributed by atoms with Crippen LogP contribution in [0.15, 0.2) is 46.9 Å². The lowest BCUT2D eigenvalue weighted by Crippen LogP contribution is -2.14. The zero-order chi connectivity index (χ0) is 17.3. The maximum atomic E-state index is 13.1. The second-order valence-corrected chi connectivity index (χ2v) is 5.14.